The van der Waals surface area contributed by atoms with Crippen molar-refractivity contribution in [2.45, 2.75) is 18.9 Å². The number of nitrogens with one attached hydrogen (secondary N) is 2. The number of ether oxygens (including phenoxy) is 4. The Morgan fingerprint density at radius 1 is 0.783 bits per heavy atom. The van der Waals surface area contributed by atoms with Gasteiger partial charge in [0.05, 0.1) is 25.6 Å². The van der Waals surface area contributed by atoms with Crippen LogP contribution in [0.5, 0.6) is 23.0 Å². The Labute approximate surface area is 265 Å². The molecule has 0 saturated carbocycles. The van der Waals surface area contributed by atoms with Crippen LogP contribution in [0.4, 0.5) is 17.1 Å². The number of anilines is 3. The SMILES string of the molecule is COc1cc(OC)cc(C(=O)Nc2cc(C(=O)Nc3ccc4c(c3)OCCO4)ccc2N2C[C@H]3C[C@@H](C2)c2cccc(=O)n2C3)c1. The lowest BCUT2D eigenvalue weighted by Crippen LogP contribution is -2.47. The zero-order valence-electron chi connectivity index (χ0n) is 25.6. The van der Waals surface area contributed by atoms with Gasteiger partial charge in [0.25, 0.3) is 17.4 Å². The maximum Gasteiger partial charge on any atom is 0.255 e. The molecular formula is C35H34N4O7. The summed E-state index contributed by atoms with van der Waals surface area (Å²) in [6.45, 7) is 2.93. The second-order valence-electron chi connectivity index (χ2n) is 11.7. The molecule has 4 aromatic rings. The average Bonchev–Trinajstić information content (AvgIpc) is 3.08. The molecule has 1 saturated heterocycles. The van der Waals surface area contributed by atoms with Gasteiger partial charge >= 0.3 is 0 Å². The Morgan fingerprint density at radius 3 is 2.33 bits per heavy atom. The van der Waals surface area contributed by atoms with Crippen molar-refractivity contribution in [1.29, 1.82) is 0 Å². The third-order valence-electron chi connectivity index (χ3n) is 8.74. The van der Waals surface area contributed by atoms with Crippen LogP contribution in [0.1, 0.15) is 38.7 Å². The number of carbonyl (C=O) groups excluding carboxylic acids is 2. The van der Waals surface area contributed by atoms with Gasteiger partial charge in [-0.1, -0.05) is 6.07 Å². The number of methoxy groups -OCH3 is 2. The van der Waals surface area contributed by atoms with E-state index in [4.69, 9.17) is 18.9 Å². The smallest absolute Gasteiger partial charge is 0.255 e. The first kappa shape index (κ1) is 29.3. The molecule has 7 rings (SSSR count). The Kier molecular flexibility index (Phi) is 7.73. The molecule has 2 bridgehead atoms. The predicted octanol–water partition coefficient (Wildman–Crippen LogP) is 4.77. The van der Waals surface area contributed by atoms with E-state index in [9.17, 15) is 14.4 Å². The highest BCUT2D eigenvalue weighted by atomic mass is 16.6. The summed E-state index contributed by atoms with van der Waals surface area (Å²) in [6, 6.07) is 21.0. The Bertz CT molecular complexity index is 1870. The van der Waals surface area contributed by atoms with E-state index >= 15 is 0 Å². The van der Waals surface area contributed by atoms with E-state index < -0.39 is 0 Å². The normalized spacial score (nSPS) is 17.8. The van der Waals surface area contributed by atoms with Gasteiger partial charge in [-0.25, -0.2) is 0 Å². The van der Waals surface area contributed by atoms with Crippen LogP contribution in [-0.2, 0) is 6.54 Å². The van der Waals surface area contributed by atoms with Crippen LogP contribution >= 0.6 is 0 Å². The molecule has 1 aromatic heterocycles. The lowest BCUT2D eigenvalue weighted by Gasteiger charge is -2.44. The number of hydrogen-bond donors (Lipinski definition) is 2. The van der Waals surface area contributed by atoms with E-state index in [2.05, 4.69) is 15.5 Å². The minimum atomic E-state index is -0.378. The summed E-state index contributed by atoms with van der Waals surface area (Å²) >= 11 is 0. The van der Waals surface area contributed by atoms with Gasteiger partial charge in [0.2, 0.25) is 0 Å². The maximum atomic E-state index is 13.7. The van der Waals surface area contributed by atoms with Gasteiger partial charge < -0.3 is 39.0 Å². The number of carbonyl (C=O) groups is 2. The van der Waals surface area contributed by atoms with Crippen LogP contribution in [0.25, 0.3) is 0 Å². The Hall–Kier alpha value is -5.45. The van der Waals surface area contributed by atoms with Crippen molar-refractivity contribution >= 4 is 28.9 Å². The van der Waals surface area contributed by atoms with Crippen LogP contribution in [0.3, 0.4) is 0 Å². The fraction of sp³-hybridized carbons (Fsp3) is 0.286. The van der Waals surface area contributed by atoms with Gasteiger partial charge in [0, 0.05) is 66.3 Å². The molecule has 0 spiro atoms. The van der Waals surface area contributed by atoms with Crippen molar-refractivity contribution in [3.63, 3.8) is 0 Å². The van der Waals surface area contributed by atoms with Crippen molar-refractivity contribution in [3.05, 3.63) is 100.0 Å². The summed E-state index contributed by atoms with van der Waals surface area (Å²) in [6.07, 6.45) is 0.987. The first-order valence-corrected chi connectivity index (χ1v) is 15.2. The molecule has 4 heterocycles. The molecular weight excluding hydrogens is 588 g/mol. The number of piperidine rings is 1. The molecule has 2 amide bonds. The minimum absolute atomic E-state index is 0.0238. The van der Waals surface area contributed by atoms with Crippen molar-refractivity contribution in [2.24, 2.45) is 5.92 Å². The summed E-state index contributed by atoms with van der Waals surface area (Å²) < 4.78 is 23.9. The minimum Gasteiger partial charge on any atom is -0.497 e. The predicted molar refractivity (Wildman–Crippen MR) is 173 cm³/mol. The molecule has 3 aliphatic rings. The van der Waals surface area contributed by atoms with Crippen LogP contribution in [0.2, 0.25) is 0 Å². The van der Waals surface area contributed by atoms with Crippen LogP contribution in [0.15, 0.2) is 77.6 Å². The molecule has 2 N–H and O–H groups in total. The fourth-order valence-corrected chi connectivity index (χ4v) is 6.60. The van der Waals surface area contributed by atoms with Crippen LogP contribution in [-0.4, -0.2) is 56.9 Å². The molecule has 11 nitrogen and oxygen atoms in total. The van der Waals surface area contributed by atoms with Gasteiger partial charge in [-0.05, 0) is 60.9 Å². The first-order chi connectivity index (χ1) is 22.4. The summed E-state index contributed by atoms with van der Waals surface area (Å²) in [4.78, 5) is 42.0. The van der Waals surface area contributed by atoms with Crippen molar-refractivity contribution in [1.82, 2.24) is 4.57 Å². The fourth-order valence-electron chi connectivity index (χ4n) is 6.60. The molecule has 0 unspecified atom stereocenters. The highest BCUT2D eigenvalue weighted by Gasteiger charge is 2.35. The zero-order chi connectivity index (χ0) is 31.8. The van der Waals surface area contributed by atoms with Gasteiger partial charge in [-0.2, -0.15) is 0 Å². The molecule has 0 radical (unpaired) electrons. The molecule has 3 aromatic carbocycles. The first-order valence-electron chi connectivity index (χ1n) is 15.2. The van der Waals surface area contributed by atoms with Crippen molar-refractivity contribution in [2.75, 3.05) is 56.1 Å². The van der Waals surface area contributed by atoms with E-state index in [0.717, 1.165) is 17.8 Å². The van der Waals surface area contributed by atoms with Crippen LogP contribution in [0, 0.1) is 5.92 Å². The standard InChI is InChI=1S/C35H34N4O7/c1-43-26-13-23(14-27(17-26)44-2)35(42)37-28-15-22(34(41)36-25-7-9-31-32(16-25)46-11-10-45-31)6-8-30(28)38-18-21-12-24(20-38)29-4-3-5-33(40)39(29)19-21/h3-9,13-17,21,24H,10-12,18-20H2,1-2H3,(H,36,41)(H,37,42)/t21-,24+/m1/s1. The number of amides is 2. The topological polar surface area (TPSA) is 120 Å². The highest BCUT2D eigenvalue weighted by molar-refractivity contribution is 6.09. The van der Waals surface area contributed by atoms with Gasteiger partial charge in [0.1, 0.15) is 24.7 Å². The number of aromatic nitrogens is 1. The van der Waals surface area contributed by atoms with Gasteiger partial charge in [-0.3, -0.25) is 14.4 Å². The molecule has 2 atom stereocenters. The Morgan fingerprint density at radius 2 is 1.54 bits per heavy atom. The molecule has 236 valence electrons. The number of benzene rings is 3. The quantitative estimate of drug-likeness (QED) is 0.303. The molecule has 1 fully saturated rings. The lowest BCUT2D eigenvalue weighted by atomic mass is 9.83. The third-order valence-corrected chi connectivity index (χ3v) is 8.74. The maximum absolute atomic E-state index is 13.7. The monoisotopic (exact) mass is 622 g/mol. The van der Waals surface area contributed by atoms with E-state index in [-0.39, 0.29) is 29.2 Å². The van der Waals surface area contributed by atoms with Gasteiger partial charge in [-0.15, -0.1) is 0 Å². The lowest BCUT2D eigenvalue weighted by molar-refractivity contribution is 0.101. The summed E-state index contributed by atoms with van der Waals surface area (Å²) in [7, 11) is 3.05. The largest absolute Gasteiger partial charge is 0.497 e. The van der Waals surface area contributed by atoms with E-state index in [1.807, 2.05) is 22.8 Å². The molecule has 46 heavy (non-hydrogen) atoms. The zero-order valence-corrected chi connectivity index (χ0v) is 25.6. The summed E-state index contributed by atoms with van der Waals surface area (Å²) in [5.41, 5.74) is 3.61. The Balaban J connectivity index is 1.21. The third kappa shape index (κ3) is 5.71. The van der Waals surface area contributed by atoms with Crippen molar-refractivity contribution in [3.8, 4) is 23.0 Å². The summed E-state index contributed by atoms with van der Waals surface area (Å²) in [5, 5.41) is 5.99. The number of rotatable bonds is 7. The van der Waals surface area contributed by atoms with E-state index in [1.54, 1.807) is 54.6 Å². The van der Waals surface area contributed by atoms with Crippen LogP contribution < -0.4 is 40.0 Å². The number of nitrogens with zero attached hydrogens (tertiary/aromatic N) is 2. The molecule has 3 aliphatic heterocycles. The number of fused-ring (bicyclic) bond motifs is 5. The van der Waals surface area contributed by atoms with E-state index in [1.165, 1.54) is 14.2 Å². The number of pyridine rings is 1. The number of hydrogen-bond acceptors (Lipinski definition) is 8. The van der Waals surface area contributed by atoms with E-state index in [0.29, 0.717) is 78.3 Å². The molecule has 11 heteroatoms. The van der Waals surface area contributed by atoms with Gasteiger partial charge in [0.15, 0.2) is 11.5 Å². The second kappa shape index (κ2) is 12.2. The average molecular weight is 623 g/mol. The second-order valence-corrected chi connectivity index (χ2v) is 11.7. The highest BCUT2D eigenvalue weighted by Crippen LogP contribution is 2.40. The summed E-state index contributed by atoms with van der Waals surface area (Å²) in [5.74, 6) is 1.86. The molecule has 0 aliphatic carbocycles. The van der Waals surface area contributed by atoms with Crippen molar-refractivity contribution < 1.29 is 28.5 Å².